The molecule has 23 heavy (non-hydrogen) atoms. The second-order valence-corrected chi connectivity index (χ2v) is 10.2. The Morgan fingerprint density at radius 2 is 1.09 bits per heavy atom. The van der Waals surface area contributed by atoms with Crippen LogP contribution in [0, 0.1) is 41.5 Å². The smallest absolute Gasteiger partial charge is 0.285 e. The first-order valence-corrected chi connectivity index (χ1v) is 10.3. The molecule has 0 aromatic heterocycles. The summed E-state index contributed by atoms with van der Waals surface area (Å²) < 4.78 is 12.2. The maximum absolute atomic E-state index is 6.43. The summed E-state index contributed by atoms with van der Waals surface area (Å²) in [6.07, 6.45) is 0.711. The number of aryl methyl sites for hydroxylation is 6. The van der Waals surface area contributed by atoms with E-state index in [2.05, 4.69) is 65.8 Å². The Morgan fingerprint density at radius 1 is 0.696 bits per heavy atom. The van der Waals surface area contributed by atoms with Crippen LogP contribution in [0.3, 0.4) is 0 Å². The van der Waals surface area contributed by atoms with E-state index in [0.29, 0.717) is 13.0 Å². The van der Waals surface area contributed by atoms with Crippen molar-refractivity contribution in [2.24, 2.45) is 0 Å². The zero-order chi connectivity index (χ0) is 16.8. The summed E-state index contributed by atoms with van der Waals surface area (Å²) in [4.78, 5) is 0. The number of ether oxygens (including phenoxy) is 1. The lowest BCUT2D eigenvalue weighted by Crippen LogP contribution is -2.64. The van der Waals surface area contributed by atoms with Crippen molar-refractivity contribution >= 4 is 18.7 Å². The van der Waals surface area contributed by atoms with E-state index in [1.54, 1.807) is 0 Å². The highest BCUT2D eigenvalue weighted by Crippen LogP contribution is 2.23. The Balaban J connectivity index is 2.32. The van der Waals surface area contributed by atoms with Crippen molar-refractivity contribution in [1.29, 1.82) is 0 Å². The van der Waals surface area contributed by atoms with Gasteiger partial charge in [-0.1, -0.05) is 35.4 Å². The highest BCUT2D eigenvalue weighted by atomic mass is 28.4. The summed E-state index contributed by atoms with van der Waals surface area (Å²) in [6.45, 7) is 13.6. The van der Waals surface area contributed by atoms with Crippen molar-refractivity contribution in [2.45, 2.75) is 41.5 Å². The SMILES string of the molecule is Cc1cc(C)c([Si]2(c3c(C)cc(C)cc3C)COCO2)c(C)c1. The van der Waals surface area contributed by atoms with Gasteiger partial charge in [-0.3, -0.25) is 0 Å². The molecule has 122 valence electrons. The van der Waals surface area contributed by atoms with E-state index in [-0.39, 0.29) is 0 Å². The molecule has 1 aliphatic rings. The van der Waals surface area contributed by atoms with Gasteiger partial charge in [0.1, 0.15) is 6.79 Å². The zero-order valence-electron chi connectivity index (χ0n) is 15.0. The number of hydrogen-bond donors (Lipinski definition) is 0. The molecule has 2 nitrogen and oxygen atoms in total. The topological polar surface area (TPSA) is 18.5 Å². The van der Waals surface area contributed by atoms with E-state index in [1.165, 1.54) is 43.8 Å². The Hall–Kier alpha value is -1.42. The van der Waals surface area contributed by atoms with E-state index in [0.717, 1.165) is 0 Å². The van der Waals surface area contributed by atoms with Crippen LogP contribution < -0.4 is 10.4 Å². The second kappa shape index (κ2) is 5.89. The fourth-order valence-electron chi connectivity index (χ4n) is 4.42. The number of rotatable bonds is 2. The van der Waals surface area contributed by atoms with Crippen LogP contribution in [0.15, 0.2) is 24.3 Å². The summed E-state index contributed by atoms with van der Waals surface area (Å²) in [5.41, 5.74) is 7.95. The molecule has 1 aliphatic heterocycles. The fraction of sp³-hybridized carbons (Fsp3) is 0.400. The van der Waals surface area contributed by atoms with Gasteiger partial charge in [-0.15, -0.1) is 0 Å². The highest BCUT2D eigenvalue weighted by Gasteiger charge is 2.47. The van der Waals surface area contributed by atoms with Gasteiger partial charge in [0.05, 0.1) is 6.23 Å². The van der Waals surface area contributed by atoms with Crippen LogP contribution in [-0.2, 0) is 9.16 Å². The van der Waals surface area contributed by atoms with Gasteiger partial charge in [-0.05, 0) is 74.2 Å². The second-order valence-electron chi connectivity index (χ2n) is 6.99. The molecule has 0 radical (unpaired) electrons. The normalized spacial score (nSPS) is 16.8. The molecule has 0 atom stereocenters. The molecule has 0 bridgehead atoms. The maximum Gasteiger partial charge on any atom is 0.285 e. The predicted molar refractivity (Wildman–Crippen MR) is 98.2 cm³/mol. The van der Waals surface area contributed by atoms with Crippen LogP contribution in [0.4, 0.5) is 0 Å². The van der Waals surface area contributed by atoms with Crippen molar-refractivity contribution in [3.8, 4) is 0 Å². The molecular weight excluding hydrogens is 300 g/mol. The molecule has 1 fully saturated rings. The summed E-state index contributed by atoms with van der Waals surface area (Å²) >= 11 is 0. The molecule has 2 aromatic rings. The minimum Gasteiger partial charge on any atom is -0.383 e. The Labute approximate surface area is 140 Å². The molecular formula is C20H26O2Si. The van der Waals surface area contributed by atoms with Gasteiger partial charge in [0.25, 0.3) is 8.32 Å². The molecule has 0 N–H and O–H groups in total. The van der Waals surface area contributed by atoms with Crippen LogP contribution in [0.5, 0.6) is 0 Å². The molecule has 2 aromatic carbocycles. The molecule has 3 heteroatoms. The minimum atomic E-state index is -2.33. The van der Waals surface area contributed by atoms with E-state index in [1.807, 2.05) is 0 Å². The third kappa shape index (κ3) is 2.67. The summed E-state index contributed by atoms with van der Waals surface area (Å²) in [5.74, 6) is 0. The van der Waals surface area contributed by atoms with Crippen molar-refractivity contribution in [3.63, 3.8) is 0 Å². The van der Waals surface area contributed by atoms with Crippen LogP contribution in [-0.4, -0.2) is 21.3 Å². The van der Waals surface area contributed by atoms with Crippen LogP contribution in [0.1, 0.15) is 33.4 Å². The van der Waals surface area contributed by atoms with Crippen LogP contribution in [0.25, 0.3) is 0 Å². The minimum absolute atomic E-state index is 0.408. The lowest BCUT2D eigenvalue weighted by Gasteiger charge is -2.31. The first kappa shape index (κ1) is 16.4. The van der Waals surface area contributed by atoms with Gasteiger partial charge in [-0.2, -0.15) is 0 Å². The third-order valence-electron chi connectivity index (χ3n) is 4.86. The highest BCUT2D eigenvalue weighted by molar-refractivity contribution is 6.98. The molecule has 0 aliphatic carbocycles. The van der Waals surface area contributed by atoms with Gasteiger partial charge in [-0.25, -0.2) is 0 Å². The zero-order valence-corrected chi connectivity index (χ0v) is 16.0. The lowest BCUT2D eigenvalue weighted by molar-refractivity contribution is 0.0903. The van der Waals surface area contributed by atoms with Crippen LogP contribution in [0.2, 0.25) is 0 Å². The number of hydrogen-bond acceptors (Lipinski definition) is 2. The third-order valence-corrected chi connectivity index (χ3v) is 9.27. The fourth-order valence-corrected chi connectivity index (χ4v) is 8.82. The summed E-state index contributed by atoms with van der Waals surface area (Å²) in [6, 6.07) is 9.10. The molecule has 0 unspecified atom stereocenters. The first-order chi connectivity index (χ1) is 10.8. The van der Waals surface area contributed by atoms with E-state index in [9.17, 15) is 0 Å². The molecule has 0 spiro atoms. The van der Waals surface area contributed by atoms with Gasteiger partial charge in [0, 0.05) is 0 Å². The van der Waals surface area contributed by atoms with Crippen molar-refractivity contribution in [3.05, 3.63) is 57.6 Å². The summed E-state index contributed by atoms with van der Waals surface area (Å²) in [5, 5.41) is 2.80. The monoisotopic (exact) mass is 326 g/mol. The average molecular weight is 327 g/mol. The van der Waals surface area contributed by atoms with Gasteiger partial charge >= 0.3 is 0 Å². The quantitative estimate of drug-likeness (QED) is 0.790. The van der Waals surface area contributed by atoms with E-state index in [4.69, 9.17) is 9.16 Å². The Morgan fingerprint density at radius 3 is 1.39 bits per heavy atom. The predicted octanol–water partition coefficient (Wildman–Crippen LogP) is 3.14. The largest absolute Gasteiger partial charge is 0.383 e. The first-order valence-electron chi connectivity index (χ1n) is 8.23. The lowest BCUT2D eigenvalue weighted by atomic mass is 10.1. The molecule has 1 heterocycles. The van der Waals surface area contributed by atoms with Crippen molar-refractivity contribution in [1.82, 2.24) is 0 Å². The molecule has 1 saturated heterocycles. The number of benzene rings is 2. The van der Waals surface area contributed by atoms with Gasteiger partial charge in [0.2, 0.25) is 0 Å². The van der Waals surface area contributed by atoms with Gasteiger partial charge in [0.15, 0.2) is 0 Å². The molecule has 0 amide bonds. The Bertz CT molecular complexity index is 653. The van der Waals surface area contributed by atoms with E-state index >= 15 is 0 Å². The van der Waals surface area contributed by atoms with Crippen molar-refractivity contribution in [2.75, 3.05) is 13.0 Å². The standard InChI is InChI=1S/C20H26O2Si/c1-13-7-15(3)19(16(4)8-13)23(12-21-11-22-23)20-17(5)9-14(2)10-18(20)6/h7-10H,11-12H2,1-6H3. The average Bonchev–Trinajstić information content (AvgIpc) is 2.85. The molecule has 3 rings (SSSR count). The van der Waals surface area contributed by atoms with Gasteiger partial charge < -0.3 is 9.16 Å². The van der Waals surface area contributed by atoms with Crippen LogP contribution >= 0.6 is 0 Å². The van der Waals surface area contributed by atoms with Crippen molar-refractivity contribution < 1.29 is 9.16 Å². The maximum atomic E-state index is 6.43. The Kier molecular flexibility index (Phi) is 4.21. The molecule has 0 saturated carbocycles. The van der Waals surface area contributed by atoms with E-state index < -0.39 is 8.32 Å². The summed E-state index contributed by atoms with van der Waals surface area (Å²) in [7, 11) is -2.33.